The Morgan fingerprint density at radius 2 is 1.89 bits per heavy atom. The van der Waals surface area contributed by atoms with Gasteiger partial charge in [0.05, 0.1) is 0 Å². The Morgan fingerprint density at radius 1 is 1.17 bits per heavy atom. The standard InChI is InChI=1S/C16H34N2/c1-4-5-6-7-8-9-16(13-17)18-11-10-14(2)12-15(18)3/h14-16H,4-13,17H2,1-3H3. The first-order valence-corrected chi connectivity index (χ1v) is 8.14. The number of rotatable bonds is 8. The summed E-state index contributed by atoms with van der Waals surface area (Å²) in [7, 11) is 0. The van der Waals surface area contributed by atoms with Crippen molar-refractivity contribution in [3.05, 3.63) is 0 Å². The highest BCUT2D eigenvalue weighted by Crippen LogP contribution is 2.25. The molecule has 0 bridgehead atoms. The van der Waals surface area contributed by atoms with Crippen LogP contribution in [0.4, 0.5) is 0 Å². The summed E-state index contributed by atoms with van der Waals surface area (Å²) >= 11 is 0. The van der Waals surface area contributed by atoms with Gasteiger partial charge in [-0.15, -0.1) is 0 Å². The van der Waals surface area contributed by atoms with Crippen LogP contribution < -0.4 is 5.73 Å². The van der Waals surface area contributed by atoms with Gasteiger partial charge in [-0.3, -0.25) is 4.90 Å². The third kappa shape index (κ3) is 5.27. The van der Waals surface area contributed by atoms with E-state index in [1.165, 1.54) is 57.9 Å². The van der Waals surface area contributed by atoms with Crippen LogP contribution in [0.15, 0.2) is 0 Å². The summed E-state index contributed by atoms with van der Waals surface area (Å²) < 4.78 is 0. The zero-order valence-electron chi connectivity index (χ0n) is 12.8. The average molecular weight is 254 g/mol. The predicted octanol–water partition coefficient (Wildman–Crippen LogP) is 3.79. The van der Waals surface area contributed by atoms with Crippen molar-refractivity contribution in [3.8, 4) is 0 Å². The summed E-state index contributed by atoms with van der Waals surface area (Å²) in [5, 5.41) is 0. The van der Waals surface area contributed by atoms with E-state index in [9.17, 15) is 0 Å². The molecule has 3 atom stereocenters. The fourth-order valence-corrected chi connectivity index (χ4v) is 3.37. The molecule has 2 N–H and O–H groups in total. The molecule has 1 aliphatic rings. The number of nitrogens with two attached hydrogens (primary N) is 1. The van der Waals surface area contributed by atoms with Crippen LogP contribution in [-0.4, -0.2) is 30.1 Å². The highest BCUT2D eigenvalue weighted by molar-refractivity contribution is 4.83. The number of hydrogen-bond donors (Lipinski definition) is 1. The largest absolute Gasteiger partial charge is 0.329 e. The summed E-state index contributed by atoms with van der Waals surface area (Å²) in [5.41, 5.74) is 6.00. The van der Waals surface area contributed by atoms with Crippen molar-refractivity contribution in [2.24, 2.45) is 11.7 Å². The summed E-state index contributed by atoms with van der Waals surface area (Å²) in [4.78, 5) is 2.68. The molecule has 0 radical (unpaired) electrons. The van der Waals surface area contributed by atoms with Crippen molar-refractivity contribution in [2.45, 2.75) is 84.2 Å². The van der Waals surface area contributed by atoms with Crippen LogP contribution in [0.2, 0.25) is 0 Å². The van der Waals surface area contributed by atoms with Crippen LogP contribution in [0.5, 0.6) is 0 Å². The lowest BCUT2D eigenvalue weighted by atomic mass is 9.91. The molecular formula is C16H34N2. The Kier molecular flexibility index (Phi) is 7.92. The van der Waals surface area contributed by atoms with Crippen LogP contribution >= 0.6 is 0 Å². The van der Waals surface area contributed by atoms with E-state index in [0.717, 1.165) is 18.5 Å². The second-order valence-electron chi connectivity index (χ2n) is 6.31. The van der Waals surface area contributed by atoms with Gasteiger partial charge in [0.15, 0.2) is 0 Å². The number of unbranched alkanes of at least 4 members (excludes halogenated alkanes) is 4. The van der Waals surface area contributed by atoms with Crippen molar-refractivity contribution in [2.75, 3.05) is 13.1 Å². The van der Waals surface area contributed by atoms with Gasteiger partial charge in [0.2, 0.25) is 0 Å². The number of nitrogens with zero attached hydrogens (tertiary/aromatic N) is 1. The van der Waals surface area contributed by atoms with Gasteiger partial charge in [0, 0.05) is 18.6 Å². The maximum absolute atomic E-state index is 6.00. The SMILES string of the molecule is CCCCCCCC(CN)N1CCC(C)CC1C. The van der Waals surface area contributed by atoms with Crippen LogP contribution in [0.1, 0.15) is 72.1 Å². The fourth-order valence-electron chi connectivity index (χ4n) is 3.37. The van der Waals surface area contributed by atoms with Gasteiger partial charge in [0.1, 0.15) is 0 Å². The third-order valence-corrected chi connectivity index (χ3v) is 4.57. The molecule has 2 nitrogen and oxygen atoms in total. The zero-order chi connectivity index (χ0) is 13.4. The first-order valence-electron chi connectivity index (χ1n) is 8.14. The minimum atomic E-state index is 0.633. The predicted molar refractivity (Wildman–Crippen MR) is 80.8 cm³/mol. The van der Waals surface area contributed by atoms with E-state index < -0.39 is 0 Å². The van der Waals surface area contributed by atoms with Crippen molar-refractivity contribution in [1.29, 1.82) is 0 Å². The molecular weight excluding hydrogens is 220 g/mol. The molecule has 0 aliphatic carbocycles. The maximum Gasteiger partial charge on any atom is 0.0221 e. The van der Waals surface area contributed by atoms with Crippen LogP contribution in [0, 0.1) is 5.92 Å². The van der Waals surface area contributed by atoms with Gasteiger partial charge in [0.25, 0.3) is 0 Å². The normalized spacial score (nSPS) is 27.3. The lowest BCUT2D eigenvalue weighted by Gasteiger charge is -2.41. The zero-order valence-corrected chi connectivity index (χ0v) is 12.8. The molecule has 1 saturated heterocycles. The van der Waals surface area contributed by atoms with Crippen LogP contribution in [-0.2, 0) is 0 Å². The minimum absolute atomic E-state index is 0.633. The molecule has 0 amide bonds. The smallest absolute Gasteiger partial charge is 0.0221 e. The molecule has 1 aliphatic heterocycles. The molecule has 108 valence electrons. The molecule has 18 heavy (non-hydrogen) atoms. The van der Waals surface area contributed by atoms with E-state index in [2.05, 4.69) is 25.7 Å². The molecule has 0 aromatic heterocycles. The molecule has 0 aromatic carbocycles. The first-order chi connectivity index (χ1) is 8.69. The molecule has 1 rings (SSSR count). The molecule has 3 unspecified atom stereocenters. The van der Waals surface area contributed by atoms with E-state index in [1.807, 2.05) is 0 Å². The fraction of sp³-hybridized carbons (Fsp3) is 1.00. The van der Waals surface area contributed by atoms with Crippen molar-refractivity contribution >= 4 is 0 Å². The summed E-state index contributed by atoms with van der Waals surface area (Å²) in [6, 6.07) is 1.37. The van der Waals surface area contributed by atoms with Crippen molar-refractivity contribution in [3.63, 3.8) is 0 Å². The molecule has 0 spiro atoms. The van der Waals surface area contributed by atoms with Crippen molar-refractivity contribution in [1.82, 2.24) is 4.90 Å². The quantitative estimate of drug-likeness (QED) is 0.668. The van der Waals surface area contributed by atoms with Gasteiger partial charge >= 0.3 is 0 Å². The van der Waals surface area contributed by atoms with Crippen LogP contribution in [0.25, 0.3) is 0 Å². The second kappa shape index (κ2) is 8.92. The molecule has 0 aromatic rings. The minimum Gasteiger partial charge on any atom is -0.329 e. The van der Waals surface area contributed by atoms with Crippen LogP contribution in [0.3, 0.4) is 0 Å². The topological polar surface area (TPSA) is 29.3 Å². The molecule has 1 fully saturated rings. The van der Waals surface area contributed by atoms with E-state index in [-0.39, 0.29) is 0 Å². The van der Waals surface area contributed by atoms with Gasteiger partial charge < -0.3 is 5.73 Å². The molecule has 0 saturated carbocycles. The third-order valence-electron chi connectivity index (χ3n) is 4.57. The second-order valence-corrected chi connectivity index (χ2v) is 6.31. The Bertz CT molecular complexity index is 205. The summed E-state index contributed by atoms with van der Waals surface area (Å²) in [6.07, 6.45) is 10.9. The lowest BCUT2D eigenvalue weighted by molar-refractivity contribution is 0.0794. The van der Waals surface area contributed by atoms with E-state index in [0.29, 0.717) is 6.04 Å². The van der Waals surface area contributed by atoms with Gasteiger partial charge in [-0.05, 0) is 38.6 Å². The highest BCUT2D eigenvalue weighted by Gasteiger charge is 2.27. The van der Waals surface area contributed by atoms with E-state index in [4.69, 9.17) is 5.73 Å². The van der Waals surface area contributed by atoms with Gasteiger partial charge in [-0.1, -0.05) is 46.0 Å². The lowest BCUT2D eigenvalue weighted by Crippen LogP contribution is -2.49. The Balaban J connectivity index is 2.27. The summed E-state index contributed by atoms with van der Waals surface area (Å²) in [6.45, 7) is 9.15. The summed E-state index contributed by atoms with van der Waals surface area (Å²) in [5.74, 6) is 0.902. The first kappa shape index (κ1) is 16.0. The number of likely N-dealkylation sites (tertiary alicyclic amines) is 1. The Hall–Kier alpha value is -0.0800. The van der Waals surface area contributed by atoms with E-state index in [1.54, 1.807) is 0 Å². The Labute approximate surface area is 114 Å². The monoisotopic (exact) mass is 254 g/mol. The maximum atomic E-state index is 6.00. The average Bonchev–Trinajstić information content (AvgIpc) is 2.35. The Morgan fingerprint density at radius 3 is 2.50 bits per heavy atom. The highest BCUT2D eigenvalue weighted by atomic mass is 15.2. The number of hydrogen-bond acceptors (Lipinski definition) is 2. The molecule has 1 heterocycles. The number of piperidine rings is 1. The van der Waals surface area contributed by atoms with Gasteiger partial charge in [-0.25, -0.2) is 0 Å². The van der Waals surface area contributed by atoms with E-state index >= 15 is 0 Å². The van der Waals surface area contributed by atoms with Gasteiger partial charge in [-0.2, -0.15) is 0 Å². The molecule has 2 heteroatoms. The van der Waals surface area contributed by atoms with Crippen molar-refractivity contribution < 1.29 is 0 Å².